The zero-order valence-corrected chi connectivity index (χ0v) is 3.59. The Morgan fingerprint density at radius 1 is 1.29 bits per heavy atom. The highest BCUT2D eigenvalue weighted by atomic mass is 16.2. The van der Waals surface area contributed by atoms with Gasteiger partial charge in [-0.15, -0.1) is 0 Å². The van der Waals surface area contributed by atoms with Gasteiger partial charge in [-0.1, -0.05) is 0 Å². The maximum Gasteiger partial charge on any atom is 0.341 e. The van der Waals surface area contributed by atoms with Crippen LogP contribution in [0.5, 0.6) is 0 Å². The van der Waals surface area contributed by atoms with E-state index in [1.807, 2.05) is 0 Å². The lowest BCUT2D eigenvalue weighted by Gasteiger charge is -1.82. The molecule has 7 heavy (non-hydrogen) atoms. The Morgan fingerprint density at radius 3 is 1.71 bits per heavy atom. The van der Waals surface area contributed by atoms with Gasteiger partial charge in [0.15, 0.2) is 5.96 Å². The number of aliphatic imine (C=N–C) groups is 1. The fraction of sp³-hybridized carbons (Fsp3) is 0. The summed E-state index contributed by atoms with van der Waals surface area (Å²) in [6, 6.07) is -0.875. The standard InChI is InChI=1S/C2H6N4O/c3-1(4)6-2(5)7/h(H6,3,4,5,6,7)/i3+1,4+1,5+1,6+1. The van der Waals surface area contributed by atoms with Crippen LogP contribution in [0.2, 0.25) is 0 Å². The van der Waals surface area contributed by atoms with Gasteiger partial charge in [-0.25, -0.2) is 4.79 Å². The van der Waals surface area contributed by atoms with Crippen molar-refractivity contribution >= 4 is 12.0 Å². The van der Waals surface area contributed by atoms with E-state index < -0.39 is 6.03 Å². The molecule has 0 aliphatic carbocycles. The molecule has 0 rings (SSSR count). The number of rotatable bonds is 0. The Kier molecular flexibility index (Phi) is 1.65. The van der Waals surface area contributed by atoms with E-state index in [0.29, 0.717) is 0 Å². The molecule has 0 spiro atoms. The average Bonchev–Trinajstić information content (AvgIpc) is 1.27. The van der Waals surface area contributed by atoms with E-state index in [1.165, 1.54) is 0 Å². The summed E-state index contributed by atoms with van der Waals surface area (Å²) in [5.74, 6) is -0.312. The van der Waals surface area contributed by atoms with Crippen molar-refractivity contribution in [3.63, 3.8) is 0 Å². The van der Waals surface area contributed by atoms with Crippen LogP contribution >= 0.6 is 0 Å². The van der Waals surface area contributed by atoms with Crippen molar-refractivity contribution in [1.29, 1.82) is 0 Å². The van der Waals surface area contributed by atoms with Gasteiger partial charge in [0.25, 0.3) is 0 Å². The molecule has 40 valence electrons. The predicted octanol–water partition coefficient (Wildman–Crippen LogP) is -1.66. The molecule has 0 heterocycles. The first-order valence-electron chi connectivity index (χ1n) is 1.52. The number of guanidine groups is 1. The zero-order chi connectivity index (χ0) is 5.86. The molecular weight excluding hydrogens is 100 g/mol. The highest BCUT2D eigenvalue weighted by molar-refractivity contribution is 5.89. The molecule has 0 aromatic rings. The largest absolute Gasteiger partial charge is 0.370 e. The quantitative estimate of drug-likeness (QED) is 0.195. The molecule has 5 nitrogen and oxygen atoms in total. The third kappa shape index (κ3) is 4.74. The number of carbonyl (C=O) groups is 1. The first-order valence-corrected chi connectivity index (χ1v) is 1.52. The maximum absolute atomic E-state index is 9.68. The Morgan fingerprint density at radius 2 is 1.71 bits per heavy atom. The van der Waals surface area contributed by atoms with Gasteiger partial charge < -0.3 is 17.2 Å². The average molecular weight is 106 g/mol. The Hall–Kier alpha value is -1.26. The van der Waals surface area contributed by atoms with E-state index >= 15 is 0 Å². The van der Waals surface area contributed by atoms with E-state index in [-0.39, 0.29) is 5.96 Å². The minimum Gasteiger partial charge on any atom is -0.370 e. The summed E-state index contributed by atoms with van der Waals surface area (Å²) in [6.07, 6.45) is 0. The van der Waals surface area contributed by atoms with Gasteiger partial charge in [-0.05, 0) is 0 Å². The van der Waals surface area contributed by atoms with Crippen molar-refractivity contribution in [2.45, 2.75) is 0 Å². The van der Waals surface area contributed by atoms with Crippen molar-refractivity contribution in [1.82, 2.24) is 0 Å². The third-order valence-electron chi connectivity index (χ3n) is 0.239. The fourth-order valence-electron chi connectivity index (χ4n) is 0.127. The van der Waals surface area contributed by atoms with Crippen molar-refractivity contribution in [3.8, 4) is 0 Å². The SMILES string of the molecule is [15NH2]C(=O)[15N]=C([15NH2])[15NH2]. The van der Waals surface area contributed by atoms with Crippen LogP contribution in [0.15, 0.2) is 4.99 Å². The van der Waals surface area contributed by atoms with E-state index in [1.54, 1.807) is 0 Å². The summed E-state index contributed by atoms with van der Waals surface area (Å²) in [7, 11) is 0. The highest BCUT2D eigenvalue weighted by Crippen LogP contribution is 1.60. The third-order valence-corrected chi connectivity index (χ3v) is 0.239. The first kappa shape index (κ1) is 5.74. The molecule has 0 aliphatic rings. The minimum atomic E-state index is -0.875. The second kappa shape index (κ2) is 2.01. The normalized spacial score (nSPS) is 7.43. The molecule has 0 aromatic carbocycles. The minimum absolute atomic E-state index is 0.312. The van der Waals surface area contributed by atoms with Gasteiger partial charge in [0, 0.05) is 0 Å². The summed E-state index contributed by atoms with van der Waals surface area (Å²) in [4.78, 5) is 12.6. The molecule has 0 unspecified atom stereocenters. The lowest BCUT2D eigenvalue weighted by atomic mass is 11.2. The van der Waals surface area contributed by atoms with E-state index in [4.69, 9.17) is 11.5 Å². The maximum atomic E-state index is 9.68. The van der Waals surface area contributed by atoms with Crippen molar-refractivity contribution in [2.75, 3.05) is 0 Å². The van der Waals surface area contributed by atoms with Crippen LogP contribution in [-0.2, 0) is 0 Å². The molecule has 2 amide bonds. The lowest BCUT2D eigenvalue weighted by molar-refractivity contribution is 0.256. The molecule has 0 radical (unpaired) electrons. The van der Waals surface area contributed by atoms with Gasteiger partial charge in [0.1, 0.15) is 0 Å². The van der Waals surface area contributed by atoms with E-state index in [9.17, 15) is 4.79 Å². The van der Waals surface area contributed by atoms with Crippen LogP contribution in [0.4, 0.5) is 4.79 Å². The molecule has 0 saturated carbocycles. The van der Waals surface area contributed by atoms with Gasteiger partial charge in [-0.3, -0.25) is 0 Å². The summed E-state index contributed by atoms with van der Waals surface area (Å²) < 4.78 is 0. The summed E-state index contributed by atoms with van der Waals surface area (Å²) in [5, 5.41) is 0. The van der Waals surface area contributed by atoms with Crippen LogP contribution in [0.3, 0.4) is 0 Å². The van der Waals surface area contributed by atoms with Crippen LogP contribution in [0, 0.1) is 0 Å². The number of nitrogens with two attached hydrogens (primary N) is 3. The number of hydrogen-bond acceptors (Lipinski definition) is 1. The number of carbonyl (C=O) groups excluding carboxylic acids is 1. The Labute approximate surface area is 40.2 Å². The smallest absolute Gasteiger partial charge is 0.341 e. The second-order valence-electron chi connectivity index (χ2n) is 0.875. The van der Waals surface area contributed by atoms with Crippen LogP contribution in [0.1, 0.15) is 0 Å². The first-order chi connectivity index (χ1) is 3.13. The number of urea groups is 1. The summed E-state index contributed by atoms with van der Waals surface area (Å²) in [6.45, 7) is 0. The molecule has 0 bridgehead atoms. The molecule has 0 aliphatic heterocycles. The van der Waals surface area contributed by atoms with Gasteiger partial charge in [-0.2, -0.15) is 4.99 Å². The monoisotopic (exact) mass is 106 g/mol. The van der Waals surface area contributed by atoms with E-state index in [2.05, 4.69) is 10.7 Å². The fourth-order valence-corrected chi connectivity index (χ4v) is 0.127. The molecule has 0 fully saturated rings. The molecule has 0 saturated heterocycles. The van der Waals surface area contributed by atoms with Crippen molar-refractivity contribution in [2.24, 2.45) is 22.2 Å². The van der Waals surface area contributed by atoms with Crippen molar-refractivity contribution < 1.29 is 4.79 Å². The number of amides is 2. The Bertz CT molecular complexity index is 102. The van der Waals surface area contributed by atoms with Crippen LogP contribution in [-0.4, -0.2) is 12.0 Å². The lowest BCUT2D eigenvalue weighted by Crippen LogP contribution is -2.25. The second-order valence-corrected chi connectivity index (χ2v) is 0.875. The van der Waals surface area contributed by atoms with Crippen LogP contribution < -0.4 is 17.2 Å². The van der Waals surface area contributed by atoms with Gasteiger partial charge in [0.2, 0.25) is 0 Å². The molecule has 6 N–H and O–H groups in total. The molecular formula is C2H6N4O. The number of primary amides is 1. The zero-order valence-electron chi connectivity index (χ0n) is 3.59. The Balaban J connectivity index is 3.68. The predicted molar refractivity (Wildman–Crippen MR) is 25.4 cm³/mol. The number of hydrogen-bond donors (Lipinski definition) is 3. The molecule has 0 aromatic heterocycles. The number of nitrogens with zero attached hydrogens (tertiary/aromatic N) is 1. The summed E-state index contributed by atoms with van der Waals surface area (Å²) in [5.41, 5.74) is 13.9. The van der Waals surface area contributed by atoms with Gasteiger partial charge in [0.05, 0.1) is 0 Å². The van der Waals surface area contributed by atoms with E-state index in [0.717, 1.165) is 0 Å². The van der Waals surface area contributed by atoms with Crippen molar-refractivity contribution in [3.05, 3.63) is 0 Å². The van der Waals surface area contributed by atoms with Crippen LogP contribution in [0.25, 0.3) is 0 Å². The molecule has 5 heteroatoms. The molecule has 0 atom stereocenters. The summed E-state index contributed by atoms with van der Waals surface area (Å²) >= 11 is 0. The topological polar surface area (TPSA) is 107 Å². The highest BCUT2D eigenvalue weighted by Gasteiger charge is 1.83. The van der Waals surface area contributed by atoms with Gasteiger partial charge >= 0.3 is 6.03 Å².